The lowest BCUT2D eigenvalue weighted by atomic mass is 10.1. The van der Waals surface area contributed by atoms with E-state index in [2.05, 4.69) is 27.7 Å². The van der Waals surface area contributed by atoms with Gasteiger partial charge < -0.3 is 9.64 Å². The highest BCUT2D eigenvalue weighted by molar-refractivity contribution is 5.80. The van der Waals surface area contributed by atoms with Crippen LogP contribution in [0.25, 0.3) is 0 Å². The lowest BCUT2D eigenvalue weighted by Crippen LogP contribution is -2.46. The second-order valence-corrected chi connectivity index (χ2v) is 4.73. The topological polar surface area (TPSA) is 29.5 Å². The first kappa shape index (κ1) is 15.4. The van der Waals surface area contributed by atoms with Gasteiger partial charge in [0.05, 0.1) is 0 Å². The molecule has 0 bridgehead atoms. The number of amides is 1. The third kappa shape index (κ3) is 4.52. The van der Waals surface area contributed by atoms with Gasteiger partial charge in [-0.05, 0) is 25.7 Å². The Hall–Kier alpha value is -0.570. The minimum absolute atomic E-state index is 0.116. The summed E-state index contributed by atoms with van der Waals surface area (Å²) in [6.45, 7) is 11.2. The zero-order chi connectivity index (χ0) is 12.7. The molecule has 1 atom stereocenters. The first-order chi connectivity index (χ1) is 7.47. The van der Waals surface area contributed by atoms with Crippen molar-refractivity contribution in [3.8, 4) is 0 Å². The van der Waals surface area contributed by atoms with E-state index < -0.39 is 0 Å². The zero-order valence-electron chi connectivity index (χ0n) is 11.6. The fraction of sp³-hybridized carbons (Fsp3) is 0.923. The van der Waals surface area contributed by atoms with Gasteiger partial charge in [-0.3, -0.25) is 4.79 Å². The van der Waals surface area contributed by atoms with Crippen LogP contribution >= 0.6 is 0 Å². The lowest BCUT2D eigenvalue weighted by Gasteiger charge is -2.33. The smallest absolute Gasteiger partial charge is 0.251 e. The Morgan fingerprint density at radius 3 is 2.00 bits per heavy atom. The predicted octanol–water partition coefficient (Wildman–Crippen LogP) is 2.69. The minimum atomic E-state index is -0.334. The molecule has 0 spiro atoms. The number of methoxy groups -OCH3 is 1. The van der Waals surface area contributed by atoms with Crippen LogP contribution in [0.2, 0.25) is 0 Å². The summed E-state index contributed by atoms with van der Waals surface area (Å²) in [5.74, 6) is 0.610. The Labute approximate surface area is 100 Å². The Balaban J connectivity index is 4.70. The van der Waals surface area contributed by atoms with E-state index in [1.807, 2.05) is 11.8 Å². The van der Waals surface area contributed by atoms with Gasteiger partial charge in [0.15, 0.2) is 0 Å². The summed E-state index contributed by atoms with van der Waals surface area (Å²) in [6, 6.07) is 0.340. The van der Waals surface area contributed by atoms with Crippen LogP contribution in [0.1, 0.15) is 47.5 Å². The van der Waals surface area contributed by atoms with Gasteiger partial charge in [-0.2, -0.15) is 0 Å². The van der Waals surface area contributed by atoms with Gasteiger partial charge >= 0.3 is 0 Å². The van der Waals surface area contributed by atoms with Crippen LogP contribution in [0.5, 0.6) is 0 Å². The third-order valence-electron chi connectivity index (χ3n) is 2.93. The van der Waals surface area contributed by atoms with Crippen molar-refractivity contribution in [1.29, 1.82) is 0 Å². The van der Waals surface area contributed by atoms with Gasteiger partial charge in [-0.25, -0.2) is 0 Å². The van der Waals surface area contributed by atoms with Gasteiger partial charge in [0, 0.05) is 19.7 Å². The first-order valence-electron chi connectivity index (χ1n) is 6.31. The molecule has 0 aromatic rings. The van der Waals surface area contributed by atoms with Gasteiger partial charge in [0.2, 0.25) is 0 Å². The van der Waals surface area contributed by atoms with Gasteiger partial charge in [0.25, 0.3) is 5.91 Å². The molecule has 1 unspecified atom stereocenters. The van der Waals surface area contributed by atoms with E-state index >= 15 is 0 Å². The molecule has 0 aliphatic rings. The number of nitrogens with zero attached hydrogens (tertiary/aromatic N) is 1. The fourth-order valence-corrected chi connectivity index (χ4v) is 1.88. The van der Waals surface area contributed by atoms with Gasteiger partial charge in [0.1, 0.15) is 6.10 Å². The number of carbonyl (C=O) groups is 1. The summed E-state index contributed by atoms with van der Waals surface area (Å²) in [5.41, 5.74) is 0. The van der Waals surface area contributed by atoms with E-state index in [0.717, 1.165) is 19.4 Å². The molecule has 0 heterocycles. The summed E-state index contributed by atoms with van der Waals surface area (Å²) < 4.78 is 5.12. The Morgan fingerprint density at radius 2 is 1.69 bits per heavy atom. The molecule has 0 aliphatic heterocycles. The molecular weight excluding hydrogens is 202 g/mol. The summed E-state index contributed by atoms with van der Waals surface area (Å²) >= 11 is 0. The fourth-order valence-electron chi connectivity index (χ4n) is 1.88. The maximum Gasteiger partial charge on any atom is 0.251 e. The Kier molecular flexibility index (Phi) is 7.39. The van der Waals surface area contributed by atoms with Crippen molar-refractivity contribution in [2.45, 2.75) is 59.6 Å². The summed E-state index contributed by atoms with van der Waals surface area (Å²) in [5, 5.41) is 0. The highest BCUT2D eigenvalue weighted by atomic mass is 16.5. The van der Waals surface area contributed by atoms with Crippen molar-refractivity contribution in [2.75, 3.05) is 13.7 Å². The number of ether oxygens (including phenoxy) is 1. The molecule has 0 aliphatic carbocycles. The summed E-state index contributed by atoms with van der Waals surface area (Å²) in [6.07, 6.45) is 1.68. The standard InChI is InChI=1S/C13H27NO2/c1-7-12(8-2)14(9-10(3)4)13(15)11(5)16-6/h10-12H,7-9H2,1-6H3. The average molecular weight is 229 g/mol. The number of rotatable bonds is 7. The number of hydrogen-bond donors (Lipinski definition) is 0. The summed E-state index contributed by atoms with van der Waals surface area (Å²) in [7, 11) is 1.59. The molecule has 16 heavy (non-hydrogen) atoms. The Bertz CT molecular complexity index is 200. The molecule has 0 saturated heterocycles. The third-order valence-corrected chi connectivity index (χ3v) is 2.93. The highest BCUT2D eigenvalue weighted by Crippen LogP contribution is 2.13. The molecule has 0 radical (unpaired) electrons. The predicted molar refractivity (Wildman–Crippen MR) is 67.4 cm³/mol. The second-order valence-electron chi connectivity index (χ2n) is 4.73. The second kappa shape index (κ2) is 7.66. The van der Waals surface area contributed by atoms with Crippen molar-refractivity contribution >= 4 is 5.91 Å². The van der Waals surface area contributed by atoms with E-state index in [9.17, 15) is 4.79 Å². The van der Waals surface area contributed by atoms with Crippen LogP contribution in [0.4, 0.5) is 0 Å². The summed E-state index contributed by atoms with van der Waals surface area (Å²) in [4.78, 5) is 14.2. The molecule has 0 aromatic carbocycles. The maximum atomic E-state index is 12.2. The van der Waals surface area contributed by atoms with E-state index in [1.165, 1.54) is 0 Å². The van der Waals surface area contributed by atoms with E-state index in [-0.39, 0.29) is 12.0 Å². The normalized spacial score (nSPS) is 13.2. The zero-order valence-corrected chi connectivity index (χ0v) is 11.6. The van der Waals surface area contributed by atoms with Crippen molar-refractivity contribution in [1.82, 2.24) is 4.90 Å². The van der Waals surface area contributed by atoms with E-state index in [1.54, 1.807) is 7.11 Å². The quantitative estimate of drug-likeness (QED) is 0.672. The van der Waals surface area contributed by atoms with E-state index in [0.29, 0.717) is 12.0 Å². The molecule has 0 rings (SSSR count). The largest absolute Gasteiger partial charge is 0.372 e. The molecule has 1 amide bonds. The van der Waals surface area contributed by atoms with Crippen LogP contribution < -0.4 is 0 Å². The molecule has 0 fully saturated rings. The molecule has 3 nitrogen and oxygen atoms in total. The van der Waals surface area contributed by atoms with Crippen LogP contribution in [0.15, 0.2) is 0 Å². The molecule has 0 saturated carbocycles. The molecule has 0 N–H and O–H groups in total. The van der Waals surface area contributed by atoms with Crippen molar-refractivity contribution in [3.05, 3.63) is 0 Å². The molecule has 96 valence electrons. The Morgan fingerprint density at radius 1 is 1.19 bits per heavy atom. The highest BCUT2D eigenvalue weighted by Gasteiger charge is 2.25. The maximum absolute atomic E-state index is 12.2. The first-order valence-corrected chi connectivity index (χ1v) is 6.31. The monoisotopic (exact) mass is 229 g/mol. The molecule has 0 aromatic heterocycles. The van der Waals surface area contributed by atoms with Crippen LogP contribution in [0, 0.1) is 5.92 Å². The number of carbonyl (C=O) groups excluding carboxylic acids is 1. The average Bonchev–Trinajstić information content (AvgIpc) is 2.26. The van der Waals surface area contributed by atoms with Crippen LogP contribution in [-0.2, 0) is 9.53 Å². The molecular formula is C13H27NO2. The van der Waals surface area contributed by atoms with Crippen molar-refractivity contribution in [3.63, 3.8) is 0 Å². The SMILES string of the molecule is CCC(CC)N(CC(C)C)C(=O)C(C)OC. The minimum Gasteiger partial charge on any atom is -0.372 e. The van der Waals surface area contributed by atoms with E-state index in [4.69, 9.17) is 4.74 Å². The van der Waals surface area contributed by atoms with Gasteiger partial charge in [-0.15, -0.1) is 0 Å². The van der Waals surface area contributed by atoms with Crippen molar-refractivity contribution in [2.24, 2.45) is 5.92 Å². The van der Waals surface area contributed by atoms with Gasteiger partial charge in [-0.1, -0.05) is 27.7 Å². The molecule has 3 heteroatoms. The van der Waals surface area contributed by atoms with Crippen molar-refractivity contribution < 1.29 is 9.53 Å². The lowest BCUT2D eigenvalue weighted by molar-refractivity contribution is -0.144. The van der Waals surface area contributed by atoms with Crippen LogP contribution in [0.3, 0.4) is 0 Å². The number of hydrogen-bond acceptors (Lipinski definition) is 2. The van der Waals surface area contributed by atoms with Crippen LogP contribution in [-0.4, -0.2) is 36.6 Å².